The molecule has 0 saturated heterocycles. The van der Waals surface area contributed by atoms with E-state index in [0.29, 0.717) is 5.56 Å². The molecule has 0 aliphatic heterocycles. The Morgan fingerprint density at radius 3 is 3.08 bits per heavy atom. The molecule has 2 heteroatoms. The van der Waals surface area contributed by atoms with Gasteiger partial charge in [0.05, 0.1) is 11.6 Å². The lowest BCUT2D eigenvalue weighted by molar-refractivity contribution is 1.29. The molecule has 2 rings (SSSR count). The van der Waals surface area contributed by atoms with Gasteiger partial charge in [-0.3, -0.25) is 0 Å². The number of H-pyrrole nitrogens is 1. The van der Waals surface area contributed by atoms with Crippen LogP contribution in [0.5, 0.6) is 0 Å². The number of aryl methyl sites for hydroxylation is 1. The molecule has 0 fully saturated rings. The van der Waals surface area contributed by atoms with Gasteiger partial charge in [-0.15, -0.1) is 0 Å². The van der Waals surface area contributed by atoms with Crippen LogP contribution in [-0.4, -0.2) is 4.98 Å². The lowest BCUT2D eigenvalue weighted by Gasteiger charge is -1.88. The summed E-state index contributed by atoms with van der Waals surface area (Å²) in [5, 5.41) is 9.66. The number of nitriles is 1. The molecule has 0 atom stereocenters. The Bertz CT molecular complexity index is 460. The van der Waals surface area contributed by atoms with Crippen molar-refractivity contribution < 1.29 is 0 Å². The largest absolute Gasteiger partial charge is 0.358 e. The molecule has 1 N–H and O–H groups in total. The third kappa shape index (κ3) is 0.960. The van der Waals surface area contributed by atoms with Crippen LogP contribution < -0.4 is 0 Å². The highest BCUT2D eigenvalue weighted by molar-refractivity contribution is 5.80. The summed E-state index contributed by atoms with van der Waals surface area (Å²) in [7, 11) is 0. The summed E-state index contributed by atoms with van der Waals surface area (Å²) in [4.78, 5) is 3.13. The quantitative estimate of drug-likeness (QED) is 0.622. The van der Waals surface area contributed by atoms with E-state index in [-0.39, 0.29) is 0 Å². The van der Waals surface area contributed by atoms with E-state index in [9.17, 15) is 0 Å². The van der Waals surface area contributed by atoms with Gasteiger partial charge in [0.15, 0.2) is 0 Å². The van der Waals surface area contributed by atoms with Crippen molar-refractivity contribution in [3.05, 3.63) is 35.5 Å². The monoisotopic (exact) mass is 155 g/mol. The van der Waals surface area contributed by atoms with Crippen molar-refractivity contribution in [3.8, 4) is 6.07 Å². The second-order valence-electron chi connectivity index (χ2n) is 2.75. The van der Waals surface area contributed by atoms with Gasteiger partial charge in [-0.25, -0.2) is 0 Å². The second kappa shape index (κ2) is 2.38. The maximum Gasteiger partial charge on any atom is 0.0992 e. The Kier molecular flexibility index (Phi) is 1.38. The van der Waals surface area contributed by atoms with E-state index in [2.05, 4.69) is 17.1 Å². The second-order valence-corrected chi connectivity index (χ2v) is 2.75. The molecule has 0 bridgehead atoms. The molecule has 12 heavy (non-hydrogen) atoms. The Balaban J connectivity index is 2.77. The summed E-state index contributed by atoms with van der Waals surface area (Å²) in [6.07, 6.45) is 0. The van der Waals surface area contributed by atoms with Crippen LogP contribution in [0.1, 0.15) is 11.3 Å². The van der Waals surface area contributed by atoms with Crippen molar-refractivity contribution in [1.29, 1.82) is 5.26 Å². The first-order chi connectivity index (χ1) is 5.79. The molecule has 57 valence electrons. The summed E-state index contributed by atoms with van der Waals surface area (Å²) in [5.41, 5.74) is 2.66. The van der Waals surface area contributed by atoms with Gasteiger partial charge in [-0.2, -0.15) is 5.26 Å². The summed E-state index contributed by atoms with van der Waals surface area (Å²) in [5.74, 6) is 0. The number of hydrogen-bond acceptors (Lipinski definition) is 1. The van der Waals surface area contributed by atoms with Gasteiger partial charge in [-0.1, -0.05) is 6.07 Å². The lowest BCUT2D eigenvalue weighted by atomic mass is 10.2. The lowest BCUT2D eigenvalue weighted by Crippen LogP contribution is -1.73. The summed E-state index contributed by atoms with van der Waals surface area (Å²) in [6.45, 7) is 1.95. The molecule has 0 amide bonds. The minimum atomic E-state index is 0.678. The third-order valence-corrected chi connectivity index (χ3v) is 1.79. The zero-order valence-corrected chi connectivity index (χ0v) is 6.68. The number of aromatic amines is 1. The van der Waals surface area contributed by atoms with Gasteiger partial charge >= 0.3 is 0 Å². The van der Waals surface area contributed by atoms with E-state index < -0.39 is 0 Å². The fourth-order valence-corrected chi connectivity index (χ4v) is 1.26. The number of nitrogens with zero attached hydrogens (tertiary/aromatic N) is 1. The number of benzene rings is 1. The van der Waals surface area contributed by atoms with E-state index in [0.717, 1.165) is 16.6 Å². The zero-order chi connectivity index (χ0) is 8.55. The summed E-state index contributed by atoms with van der Waals surface area (Å²) >= 11 is 0. The van der Waals surface area contributed by atoms with Crippen LogP contribution >= 0.6 is 0 Å². The van der Waals surface area contributed by atoms with E-state index in [1.165, 1.54) is 0 Å². The molecule has 1 aromatic carbocycles. The first-order valence-electron chi connectivity index (χ1n) is 3.71. The molecule has 1 heterocycles. The van der Waals surface area contributed by atoms with Gasteiger partial charge in [0.2, 0.25) is 0 Å². The number of fused-ring (bicyclic) bond motifs is 1. The highest BCUT2D eigenvalue weighted by Gasteiger charge is 1.98. The normalized spacial score (nSPS) is 10.0. The minimum Gasteiger partial charge on any atom is -0.358 e. The fourth-order valence-electron chi connectivity index (χ4n) is 1.26. The van der Waals surface area contributed by atoms with Crippen molar-refractivity contribution in [1.82, 2.24) is 4.98 Å². The maximum atomic E-state index is 8.63. The predicted octanol–water partition coefficient (Wildman–Crippen LogP) is 2.15. The van der Waals surface area contributed by atoms with E-state index in [1.807, 2.05) is 19.1 Å². The van der Waals surface area contributed by atoms with Crippen molar-refractivity contribution in [2.75, 3.05) is 0 Å². The van der Waals surface area contributed by atoms with Crippen LogP contribution in [0.25, 0.3) is 10.9 Å². The van der Waals surface area contributed by atoms with Crippen LogP contribution in [0.4, 0.5) is 0 Å². The average Bonchev–Trinajstić information content (AvgIpc) is 2.43. The molecule has 1 aromatic heterocycles. The van der Waals surface area contributed by atoms with Gasteiger partial charge in [0.25, 0.3) is 0 Å². The van der Waals surface area contributed by atoms with E-state index in [4.69, 9.17) is 5.26 Å². The molecule has 0 saturated carbocycles. The van der Waals surface area contributed by atoms with Crippen LogP contribution in [0.2, 0.25) is 0 Å². The van der Waals surface area contributed by atoms with Gasteiger partial charge in [0, 0.05) is 22.7 Å². The standard InChI is InChI=1S/C10H7N2/c1-7-4-9-3-2-8(6-11)5-10(9)12-7/h2-3,5,12H,1H3. The van der Waals surface area contributed by atoms with Crippen molar-refractivity contribution >= 4 is 10.9 Å². The molecule has 0 unspecified atom stereocenters. The molecular formula is C10H7N2. The average molecular weight is 155 g/mol. The Labute approximate surface area is 70.4 Å². The predicted molar refractivity (Wildman–Crippen MR) is 46.6 cm³/mol. The van der Waals surface area contributed by atoms with Gasteiger partial charge < -0.3 is 4.98 Å². The molecular weight excluding hydrogens is 148 g/mol. The molecule has 0 aliphatic carbocycles. The molecule has 2 nitrogen and oxygen atoms in total. The van der Waals surface area contributed by atoms with Crippen molar-refractivity contribution in [2.45, 2.75) is 6.92 Å². The first kappa shape index (κ1) is 6.93. The number of nitrogens with one attached hydrogen (secondary N) is 1. The molecule has 0 aliphatic rings. The smallest absolute Gasteiger partial charge is 0.0992 e. The zero-order valence-electron chi connectivity index (χ0n) is 6.68. The van der Waals surface area contributed by atoms with Crippen molar-refractivity contribution in [3.63, 3.8) is 0 Å². The fraction of sp³-hybridized carbons (Fsp3) is 0.100. The number of hydrogen-bond donors (Lipinski definition) is 1. The molecule has 2 aromatic rings. The van der Waals surface area contributed by atoms with Crippen LogP contribution in [0.15, 0.2) is 18.2 Å². The summed E-state index contributed by atoms with van der Waals surface area (Å²) < 4.78 is 0. The first-order valence-corrected chi connectivity index (χ1v) is 3.71. The minimum absolute atomic E-state index is 0.678. The SMILES string of the molecule is Cc1[c]c2ccc(C#N)cc2[nH]1. The van der Waals surface area contributed by atoms with Gasteiger partial charge in [-0.05, 0) is 19.1 Å². The topological polar surface area (TPSA) is 39.6 Å². The Hall–Kier alpha value is -1.75. The Morgan fingerprint density at radius 1 is 1.50 bits per heavy atom. The maximum absolute atomic E-state index is 8.63. The van der Waals surface area contributed by atoms with Crippen molar-refractivity contribution in [2.24, 2.45) is 0 Å². The number of rotatable bonds is 0. The highest BCUT2D eigenvalue weighted by atomic mass is 14.7. The number of aromatic nitrogens is 1. The van der Waals surface area contributed by atoms with Crippen LogP contribution in [0, 0.1) is 24.3 Å². The molecule has 0 spiro atoms. The van der Waals surface area contributed by atoms with E-state index >= 15 is 0 Å². The van der Waals surface area contributed by atoms with Gasteiger partial charge in [0.1, 0.15) is 0 Å². The highest BCUT2D eigenvalue weighted by Crippen LogP contribution is 2.15. The van der Waals surface area contributed by atoms with Crippen LogP contribution in [-0.2, 0) is 0 Å². The molecule has 1 radical (unpaired) electrons. The Morgan fingerprint density at radius 2 is 2.33 bits per heavy atom. The van der Waals surface area contributed by atoms with Crippen LogP contribution in [0.3, 0.4) is 0 Å². The third-order valence-electron chi connectivity index (χ3n) is 1.79. The summed E-state index contributed by atoms with van der Waals surface area (Å²) in [6, 6.07) is 10.8. The van der Waals surface area contributed by atoms with E-state index in [1.54, 1.807) is 6.07 Å².